The van der Waals surface area contributed by atoms with Crippen LogP contribution >= 0.6 is 11.8 Å². The van der Waals surface area contributed by atoms with Gasteiger partial charge in [0.2, 0.25) is 5.91 Å². The van der Waals surface area contributed by atoms with Crippen LogP contribution in [0.1, 0.15) is 0 Å². The summed E-state index contributed by atoms with van der Waals surface area (Å²) in [6.07, 6.45) is 1.30. The molecule has 1 heterocycles. The topological polar surface area (TPSA) is 64.0 Å². The Labute approximate surface area is 145 Å². The SMILES string of the molecule is O=C(Cn1cnc2ccccc2c1=O)Nc1ccccc1SC(F)F. The van der Waals surface area contributed by atoms with Crippen LogP contribution in [0.3, 0.4) is 0 Å². The molecule has 0 atom stereocenters. The van der Waals surface area contributed by atoms with Crippen molar-refractivity contribution in [3.05, 3.63) is 65.2 Å². The average Bonchev–Trinajstić information content (AvgIpc) is 2.59. The summed E-state index contributed by atoms with van der Waals surface area (Å²) in [4.78, 5) is 29.0. The monoisotopic (exact) mass is 361 g/mol. The first-order chi connectivity index (χ1) is 12.0. The van der Waals surface area contributed by atoms with Crippen LogP contribution in [0, 0.1) is 0 Å². The minimum absolute atomic E-state index is 0.259. The Hall–Kier alpha value is -2.74. The molecule has 25 heavy (non-hydrogen) atoms. The molecule has 3 aromatic rings. The number of carbonyl (C=O) groups excluding carboxylic acids is 1. The molecular formula is C17H13F2N3O2S. The summed E-state index contributed by atoms with van der Waals surface area (Å²) in [6.45, 7) is -0.260. The van der Waals surface area contributed by atoms with E-state index in [0.29, 0.717) is 22.7 Å². The second-order valence-electron chi connectivity index (χ2n) is 5.12. The Morgan fingerprint density at radius 3 is 2.68 bits per heavy atom. The minimum atomic E-state index is -2.59. The van der Waals surface area contributed by atoms with Crippen molar-refractivity contribution >= 4 is 34.3 Å². The van der Waals surface area contributed by atoms with Crippen molar-refractivity contribution in [2.45, 2.75) is 17.2 Å². The number of rotatable bonds is 5. The number of anilines is 1. The van der Waals surface area contributed by atoms with Crippen molar-refractivity contribution in [3.63, 3.8) is 0 Å². The number of amides is 1. The number of alkyl halides is 2. The van der Waals surface area contributed by atoms with Gasteiger partial charge in [-0.1, -0.05) is 36.0 Å². The molecule has 128 valence electrons. The van der Waals surface area contributed by atoms with E-state index in [4.69, 9.17) is 0 Å². The molecule has 3 rings (SSSR count). The van der Waals surface area contributed by atoms with E-state index in [0.717, 1.165) is 0 Å². The van der Waals surface area contributed by atoms with Gasteiger partial charge in [-0.25, -0.2) is 4.98 Å². The number of halogens is 2. The fourth-order valence-electron chi connectivity index (χ4n) is 2.33. The molecule has 0 radical (unpaired) electrons. The number of aromatic nitrogens is 2. The van der Waals surface area contributed by atoms with E-state index in [1.165, 1.54) is 23.0 Å². The normalized spacial score (nSPS) is 11.0. The fraction of sp³-hybridized carbons (Fsp3) is 0.118. The second kappa shape index (κ2) is 7.43. The van der Waals surface area contributed by atoms with Crippen LogP contribution in [0.4, 0.5) is 14.5 Å². The molecular weight excluding hydrogens is 348 g/mol. The van der Waals surface area contributed by atoms with Gasteiger partial charge in [0.25, 0.3) is 11.3 Å². The maximum atomic E-state index is 12.6. The first-order valence-corrected chi connectivity index (χ1v) is 8.20. The summed E-state index contributed by atoms with van der Waals surface area (Å²) in [7, 11) is 0. The lowest BCUT2D eigenvalue weighted by Gasteiger charge is -2.11. The predicted octanol–water partition coefficient (Wildman–Crippen LogP) is 3.35. The maximum absolute atomic E-state index is 12.6. The van der Waals surface area contributed by atoms with Crippen LogP contribution in [0.5, 0.6) is 0 Å². The second-order valence-corrected chi connectivity index (χ2v) is 6.15. The molecule has 0 saturated carbocycles. The number of thioether (sulfide) groups is 1. The Kier molecular flexibility index (Phi) is 5.08. The summed E-state index contributed by atoms with van der Waals surface area (Å²) >= 11 is 0.349. The molecule has 0 saturated heterocycles. The first-order valence-electron chi connectivity index (χ1n) is 7.32. The van der Waals surface area contributed by atoms with Crippen LogP contribution in [-0.4, -0.2) is 21.2 Å². The van der Waals surface area contributed by atoms with E-state index < -0.39 is 11.7 Å². The molecule has 0 fully saturated rings. The van der Waals surface area contributed by atoms with E-state index >= 15 is 0 Å². The van der Waals surface area contributed by atoms with Gasteiger partial charge < -0.3 is 5.32 Å². The van der Waals surface area contributed by atoms with Gasteiger partial charge >= 0.3 is 0 Å². The number of carbonyl (C=O) groups is 1. The van der Waals surface area contributed by atoms with Crippen molar-refractivity contribution in [1.82, 2.24) is 9.55 Å². The van der Waals surface area contributed by atoms with Gasteiger partial charge in [-0.3, -0.25) is 14.2 Å². The molecule has 1 amide bonds. The van der Waals surface area contributed by atoms with Gasteiger partial charge in [0.1, 0.15) is 6.54 Å². The molecule has 0 unspecified atom stereocenters. The zero-order valence-electron chi connectivity index (χ0n) is 12.9. The summed E-state index contributed by atoms with van der Waals surface area (Å²) < 4.78 is 26.3. The number of hydrogen-bond acceptors (Lipinski definition) is 4. The molecule has 1 N–H and O–H groups in total. The summed E-state index contributed by atoms with van der Waals surface area (Å²) in [5, 5.41) is 2.97. The van der Waals surface area contributed by atoms with Crippen LogP contribution < -0.4 is 10.9 Å². The van der Waals surface area contributed by atoms with E-state index in [1.54, 1.807) is 36.4 Å². The summed E-state index contributed by atoms with van der Waals surface area (Å²) in [5.74, 6) is -3.09. The molecule has 0 aliphatic rings. The zero-order chi connectivity index (χ0) is 17.8. The third kappa shape index (κ3) is 4.03. The number of fused-ring (bicyclic) bond motifs is 1. The van der Waals surface area contributed by atoms with Gasteiger partial charge in [-0.2, -0.15) is 8.78 Å². The van der Waals surface area contributed by atoms with Crippen molar-refractivity contribution in [2.24, 2.45) is 0 Å². The molecule has 0 aliphatic heterocycles. The van der Waals surface area contributed by atoms with E-state index in [1.807, 2.05) is 0 Å². The number of benzene rings is 2. The van der Waals surface area contributed by atoms with Crippen LogP contribution in [0.15, 0.2) is 64.5 Å². The van der Waals surface area contributed by atoms with Crippen molar-refractivity contribution in [2.75, 3.05) is 5.32 Å². The smallest absolute Gasteiger partial charge is 0.288 e. The minimum Gasteiger partial charge on any atom is -0.324 e. The van der Waals surface area contributed by atoms with Crippen molar-refractivity contribution in [3.8, 4) is 0 Å². The molecule has 5 nitrogen and oxygen atoms in total. The number of nitrogens with zero attached hydrogens (tertiary/aromatic N) is 2. The van der Waals surface area contributed by atoms with Crippen LogP contribution in [-0.2, 0) is 11.3 Å². The highest BCUT2D eigenvalue weighted by molar-refractivity contribution is 7.99. The standard InChI is InChI=1S/C17H13F2N3O2S/c18-17(19)25-14-8-4-3-7-13(14)21-15(23)9-22-10-20-12-6-2-1-5-11(12)16(22)24/h1-8,10,17H,9H2,(H,21,23). The fourth-order valence-corrected chi connectivity index (χ4v) is 2.93. The van der Waals surface area contributed by atoms with E-state index in [-0.39, 0.29) is 22.7 Å². The Balaban J connectivity index is 1.80. The summed E-state index contributed by atoms with van der Waals surface area (Å²) in [5.41, 5.74) is 0.485. The average molecular weight is 361 g/mol. The highest BCUT2D eigenvalue weighted by Crippen LogP contribution is 2.31. The molecule has 0 aliphatic carbocycles. The number of nitrogens with one attached hydrogen (secondary N) is 1. The number of para-hydroxylation sites is 2. The third-order valence-electron chi connectivity index (χ3n) is 3.42. The van der Waals surface area contributed by atoms with Gasteiger partial charge in [0.05, 0.1) is 22.9 Å². The van der Waals surface area contributed by atoms with E-state index in [2.05, 4.69) is 10.3 Å². The largest absolute Gasteiger partial charge is 0.324 e. The molecule has 1 aromatic heterocycles. The van der Waals surface area contributed by atoms with Gasteiger partial charge in [-0.15, -0.1) is 0 Å². The Morgan fingerprint density at radius 2 is 1.88 bits per heavy atom. The lowest BCUT2D eigenvalue weighted by atomic mass is 10.2. The highest BCUT2D eigenvalue weighted by Gasteiger charge is 2.13. The predicted molar refractivity (Wildman–Crippen MR) is 92.9 cm³/mol. The van der Waals surface area contributed by atoms with Crippen LogP contribution in [0.25, 0.3) is 10.9 Å². The van der Waals surface area contributed by atoms with Crippen LogP contribution in [0.2, 0.25) is 0 Å². The Bertz CT molecular complexity index is 975. The quantitative estimate of drug-likeness (QED) is 0.708. The van der Waals surface area contributed by atoms with Crippen molar-refractivity contribution in [1.29, 1.82) is 0 Å². The maximum Gasteiger partial charge on any atom is 0.288 e. The molecule has 0 spiro atoms. The molecule has 2 aromatic carbocycles. The van der Waals surface area contributed by atoms with E-state index in [9.17, 15) is 18.4 Å². The van der Waals surface area contributed by atoms with Gasteiger partial charge in [0.15, 0.2) is 0 Å². The summed E-state index contributed by atoms with van der Waals surface area (Å²) in [6, 6.07) is 13.1. The van der Waals surface area contributed by atoms with Gasteiger partial charge in [-0.05, 0) is 24.3 Å². The zero-order valence-corrected chi connectivity index (χ0v) is 13.7. The highest BCUT2D eigenvalue weighted by atomic mass is 32.2. The van der Waals surface area contributed by atoms with Gasteiger partial charge in [0, 0.05) is 4.90 Å². The molecule has 0 bridgehead atoms. The molecule has 8 heteroatoms. The number of hydrogen-bond donors (Lipinski definition) is 1. The lowest BCUT2D eigenvalue weighted by molar-refractivity contribution is -0.116. The lowest BCUT2D eigenvalue weighted by Crippen LogP contribution is -2.28. The van der Waals surface area contributed by atoms with Crippen molar-refractivity contribution < 1.29 is 13.6 Å². The Morgan fingerprint density at radius 1 is 1.16 bits per heavy atom. The third-order valence-corrected chi connectivity index (χ3v) is 4.21. The first kappa shape index (κ1) is 17.1.